The number of nitrogens with zero attached hydrogens (tertiary/aromatic N) is 4. The molecule has 0 saturated carbocycles. The lowest BCUT2D eigenvalue weighted by molar-refractivity contribution is -0.201. The Morgan fingerprint density at radius 2 is 1.87 bits per heavy atom. The summed E-state index contributed by atoms with van der Waals surface area (Å²) in [4.78, 5) is 33.0. The van der Waals surface area contributed by atoms with Crippen molar-refractivity contribution < 1.29 is 45.8 Å². The highest BCUT2D eigenvalue weighted by Crippen LogP contribution is 2.36. The van der Waals surface area contributed by atoms with E-state index in [1.54, 1.807) is 0 Å². The average molecular weight is 558 g/mol. The van der Waals surface area contributed by atoms with Gasteiger partial charge in [0, 0.05) is 31.1 Å². The highest BCUT2D eigenvalue weighted by molar-refractivity contribution is 5.75. The molecule has 10 nitrogen and oxygen atoms in total. The third-order valence-corrected chi connectivity index (χ3v) is 5.88. The molecule has 3 N–H and O–H groups in total. The maximum atomic E-state index is 13.3. The number of ether oxygens (including phenoxy) is 1. The second kappa shape index (κ2) is 10.8. The van der Waals surface area contributed by atoms with Gasteiger partial charge in [-0.15, -0.1) is 0 Å². The zero-order chi connectivity index (χ0) is 28.4. The quantitative estimate of drug-likeness (QED) is 0.287. The predicted molar refractivity (Wildman–Crippen MR) is 122 cm³/mol. The Morgan fingerprint density at radius 3 is 2.51 bits per heavy atom. The minimum Gasteiger partial charge on any atom is -0.481 e. The third-order valence-electron chi connectivity index (χ3n) is 5.88. The Bertz CT molecular complexity index is 1330. The van der Waals surface area contributed by atoms with Gasteiger partial charge in [-0.2, -0.15) is 36.4 Å². The fourth-order valence-electron chi connectivity index (χ4n) is 4.10. The number of hydrogen-bond donors (Lipinski definition) is 3. The van der Waals surface area contributed by atoms with Crippen molar-refractivity contribution in [2.24, 2.45) is 5.92 Å². The number of piperidine rings is 1. The van der Waals surface area contributed by atoms with Gasteiger partial charge in [-0.3, -0.25) is 9.89 Å². The van der Waals surface area contributed by atoms with Crippen molar-refractivity contribution in [2.75, 3.05) is 23.3 Å². The second-order valence-corrected chi connectivity index (χ2v) is 8.71. The summed E-state index contributed by atoms with van der Waals surface area (Å²) in [5.74, 6) is -5.03. The number of nitrogens with one attached hydrogen (secondary N) is 2. The number of aromatic amines is 1. The molecule has 1 saturated heterocycles. The van der Waals surface area contributed by atoms with Gasteiger partial charge in [0.2, 0.25) is 5.95 Å². The van der Waals surface area contributed by atoms with Crippen molar-refractivity contribution in [2.45, 2.75) is 31.3 Å². The lowest BCUT2D eigenvalue weighted by Gasteiger charge is -2.36. The van der Waals surface area contributed by atoms with Gasteiger partial charge >= 0.3 is 24.3 Å². The number of aliphatic carboxylic acids is 1. The molecule has 1 aromatic carbocycles. The number of anilines is 3. The van der Waals surface area contributed by atoms with Crippen LogP contribution in [0.5, 0.6) is 0 Å². The largest absolute Gasteiger partial charge is 0.490 e. The maximum absolute atomic E-state index is 13.3. The third kappa shape index (κ3) is 6.94. The van der Waals surface area contributed by atoms with Gasteiger partial charge in [0.15, 0.2) is 0 Å². The Kier molecular flexibility index (Phi) is 7.65. The van der Waals surface area contributed by atoms with Crippen LogP contribution in [0.2, 0.25) is 0 Å². The van der Waals surface area contributed by atoms with Gasteiger partial charge in [-0.05, 0) is 18.1 Å². The fraction of sp³-hybridized carbons (Fsp3) is 0.348. The van der Waals surface area contributed by atoms with E-state index in [0.717, 1.165) is 12.1 Å². The SMILES string of the molecule is O=C(O)[C@@H]1CC(c2cccc(C(F)(F)F)c2)CN(c2nc(COC(=O)C(F)(F)F)cc(Nc3ccn[nH]3)n2)C1. The minimum atomic E-state index is -5.23. The van der Waals surface area contributed by atoms with Crippen LogP contribution in [-0.2, 0) is 27.1 Å². The molecule has 0 bridgehead atoms. The maximum Gasteiger partial charge on any atom is 0.490 e. The summed E-state index contributed by atoms with van der Waals surface area (Å²) in [6, 6.07) is 7.28. The van der Waals surface area contributed by atoms with Gasteiger partial charge in [0.05, 0.1) is 23.4 Å². The van der Waals surface area contributed by atoms with E-state index in [4.69, 9.17) is 0 Å². The number of H-pyrrole nitrogens is 1. The fourth-order valence-corrected chi connectivity index (χ4v) is 4.10. The standard InChI is InChI=1S/C23H20F6N6O4/c24-22(25,26)15-3-1-2-12(7-15)13-6-14(19(36)37)10-35(9-13)21-31-16(11-39-20(38)23(27,28)29)8-18(33-21)32-17-4-5-30-34-17/h1-5,7-8,13-14H,6,9-11H2,(H,36,37)(H2,30,31,32,33,34)/t13?,14-/m1/s1. The lowest BCUT2D eigenvalue weighted by atomic mass is 9.84. The lowest BCUT2D eigenvalue weighted by Crippen LogP contribution is -2.43. The first kappa shape index (κ1) is 27.7. The summed E-state index contributed by atoms with van der Waals surface area (Å²) in [7, 11) is 0. The Balaban J connectivity index is 1.67. The minimum absolute atomic E-state index is 0.0143. The highest BCUT2D eigenvalue weighted by Gasteiger charge is 2.41. The highest BCUT2D eigenvalue weighted by atomic mass is 19.4. The van der Waals surface area contributed by atoms with E-state index in [0.29, 0.717) is 5.82 Å². The number of esters is 1. The average Bonchev–Trinajstić information content (AvgIpc) is 3.39. The van der Waals surface area contributed by atoms with Gasteiger partial charge in [0.25, 0.3) is 0 Å². The summed E-state index contributed by atoms with van der Waals surface area (Å²) in [5, 5.41) is 18.9. The van der Waals surface area contributed by atoms with Crippen molar-refractivity contribution >= 4 is 29.5 Å². The molecular weight excluding hydrogens is 538 g/mol. The Labute approximate surface area is 216 Å². The monoisotopic (exact) mass is 558 g/mol. The number of carbonyl (C=O) groups is 2. The van der Waals surface area contributed by atoms with Crippen molar-refractivity contribution in [3.63, 3.8) is 0 Å². The zero-order valence-corrected chi connectivity index (χ0v) is 19.8. The number of aromatic nitrogens is 4. The number of hydrogen-bond acceptors (Lipinski definition) is 8. The van der Waals surface area contributed by atoms with Crippen LogP contribution in [0.15, 0.2) is 42.6 Å². The summed E-state index contributed by atoms with van der Waals surface area (Å²) in [6.07, 6.45) is -8.38. The summed E-state index contributed by atoms with van der Waals surface area (Å²) < 4.78 is 82.0. The Hall–Kier alpha value is -4.37. The van der Waals surface area contributed by atoms with Crippen LogP contribution in [0.4, 0.5) is 43.9 Å². The summed E-state index contributed by atoms with van der Waals surface area (Å²) >= 11 is 0. The molecule has 1 unspecified atom stereocenters. The number of carbonyl (C=O) groups excluding carboxylic acids is 1. The number of alkyl halides is 6. The van der Waals surface area contributed by atoms with Crippen molar-refractivity contribution in [1.82, 2.24) is 20.2 Å². The molecule has 1 aliphatic heterocycles. The van der Waals surface area contributed by atoms with Crippen LogP contribution in [0.1, 0.15) is 29.2 Å². The predicted octanol–water partition coefficient (Wildman–Crippen LogP) is 4.26. The smallest absolute Gasteiger partial charge is 0.481 e. The van der Waals surface area contributed by atoms with E-state index >= 15 is 0 Å². The molecule has 2 atom stereocenters. The molecule has 3 heterocycles. The number of rotatable bonds is 7. The molecule has 0 spiro atoms. The molecule has 4 rings (SSSR count). The zero-order valence-electron chi connectivity index (χ0n) is 19.8. The van der Waals surface area contributed by atoms with Crippen LogP contribution in [-0.4, -0.2) is 56.5 Å². The number of halogens is 6. The second-order valence-electron chi connectivity index (χ2n) is 8.71. The molecule has 0 amide bonds. The molecule has 3 aromatic rings. The van der Waals surface area contributed by atoms with Gasteiger partial charge in [-0.1, -0.05) is 18.2 Å². The van der Waals surface area contributed by atoms with Crippen molar-refractivity contribution in [3.05, 3.63) is 59.4 Å². The van der Waals surface area contributed by atoms with Gasteiger partial charge in [-0.25, -0.2) is 9.78 Å². The molecule has 16 heteroatoms. The number of carboxylic acid groups (broad SMARTS) is 1. The number of benzene rings is 1. The van der Waals surface area contributed by atoms with Crippen molar-refractivity contribution in [1.29, 1.82) is 0 Å². The van der Waals surface area contributed by atoms with Gasteiger partial charge in [0.1, 0.15) is 18.2 Å². The normalized spacial score (nSPS) is 18.1. The molecule has 2 aromatic heterocycles. The van der Waals surface area contributed by atoms with Crippen LogP contribution < -0.4 is 10.2 Å². The van der Waals surface area contributed by atoms with Crippen LogP contribution in [0, 0.1) is 5.92 Å². The number of carboxylic acids is 1. The molecule has 208 valence electrons. The molecule has 1 aliphatic rings. The van der Waals surface area contributed by atoms with E-state index < -0.39 is 48.3 Å². The summed E-state index contributed by atoms with van der Waals surface area (Å²) in [5.41, 5.74) is -0.778. The van der Waals surface area contributed by atoms with E-state index in [1.165, 1.54) is 35.4 Å². The van der Waals surface area contributed by atoms with E-state index in [-0.39, 0.29) is 42.5 Å². The molecular formula is C23H20F6N6O4. The van der Waals surface area contributed by atoms with Gasteiger partial charge < -0.3 is 20.1 Å². The summed E-state index contributed by atoms with van der Waals surface area (Å²) in [6.45, 7) is -0.987. The topological polar surface area (TPSA) is 133 Å². The van der Waals surface area contributed by atoms with Crippen molar-refractivity contribution in [3.8, 4) is 0 Å². The molecule has 0 aliphatic carbocycles. The van der Waals surface area contributed by atoms with E-state index in [2.05, 4.69) is 30.2 Å². The van der Waals surface area contributed by atoms with E-state index in [1.807, 2.05) is 0 Å². The Morgan fingerprint density at radius 1 is 1.10 bits per heavy atom. The van der Waals surface area contributed by atoms with Crippen LogP contribution in [0.3, 0.4) is 0 Å². The molecule has 39 heavy (non-hydrogen) atoms. The first-order chi connectivity index (χ1) is 18.3. The van der Waals surface area contributed by atoms with Crippen LogP contribution in [0.25, 0.3) is 0 Å². The molecule has 1 fully saturated rings. The van der Waals surface area contributed by atoms with E-state index in [9.17, 15) is 41.0 Å². The van der Waals surface area contributed by atoms with Crippen LogP contribution >= 0.6 is 0 Å². The first-order valence-electron chi connectivity index (χ1n) is 11.3. The first-order valence-corrected chi connectivity index (χ1v) is 11.3. The molecule has 0 radical (unpaired) electrons.